The maximum Gasteiger partial charge on any atom is 0.129 e. The number of benzene rings is 1. The third-order valence-electron chi connectivity index (χ3n) is 3.51. The molecule has 0 amide bonds. The van der Waals surface area contributed by atoms with Gasteiger partial charge in [0.1, 0.15) is 10.8 Å². The van der Waals surface area contributed by atoms with E-state index in [9.17, 15) is 5.11 Å². The SMILES string of the molecule is COc1cc(C)ccc1-c1nc2c(s1)CCCC2O. The van der Waals surface area contributed by atoms with Gasteiger partial charge in [-0.2, -0.15) is 0 Å². The Morgan fingerprint density at radius 2 is 2.26 bits per heavy atom. The van der Waals surface area contributed by atoms with Gasteiger partial charge in [-0.1, -0.05) is 6.07 Å². The summed E-state index contributed by atoms with van der Waals surface area (Å²) in [7, 11) is 1.68. The summed E-state index contributed by atoms with van der Waals surface area (Å²) in [6, 6.07) is 6.13. The largest absolute Gasteiger partial charge is 0.496 e. The Labute approximate surface area is 116 Å². The van der Waals surface area contributed by atoms with E-state index in [-0.39, 0.29) is 0 Å². The van der Waals surface area contributed by atoms with Crippen molar-refractivity contribution in [2.75, 3.05) is 7.11 Å². The van der Waals surface area contributed by atoms with Gasteiger partial charge in [0, 0.05) is 4.88 Å². The molecule has 0 saturated carbocycles. The first kappa shape index (κ1) is 12.6. The summed E-state index contributed by atoms with van der Waals surface area (Å²) in [5.74, 6) is 0.848. The maximum atomic E-state index is 10.0. The van der Waals surface area contributed by atoms with Crippen molar-refractivity contribution in [1.82, 2.24) is 4.98 Å². The normalized spacial score (nSPS) is 18.2. The van der Waals surface area contributed by atoms with Crippen LogP contribution in [0.1, 0.15) is 35.1 Å². The molecule has 1 aromatic heterocycles. The fourth-order valence-corrected chi connectivity index (χ4v) is 3.67. The average molecular weight is 275 g/mol. The highest BCUT2D eigenvalue weighted by atomic mass is 32.1. The topological polar surface area (TPSA) is 42.4 Å². The zero-order valence-electron chi connectivity index (χ0n) is 11.1. The zero-order chi connectivity index (χ0) is 13.4. The standard InChI is InChI=1S/C15H17NO2S/c1-9-6-7-10(12(8-9)18-2)15-16-14-11(17)4-3-5-13(14)19-15/h6-8,11,17H,3-5H2,1-2H3. The third kappa shape index (κ3) is 2.26. The van der Waals surface area contributed by atoms with Gasteiger partial charge in [-0.05, 0) is 43.9 Å². The van der Waals surface area contributed by atoms with Gasteiger partial charge in [-0.15, -0.1) is 11.3 Å². The van der Waals surface area contributed by atoms with Gasteiger partial charge < -0.3 is 9.84 Å². The highest BCUT2D eigenvalue weighted by Gasteiger charge is 2.24. The highest BCUT2D eigenvalue weighted by molar-refractivity contribution is 7.15. The predicted octanol–water partition coefficient (Wildman–Crippen LogP) is 3.50. The molecule has 1 N–H and O–H groups in total. The predicted molar refractivity (Wildman–Crippen MR) is 76.7 cm³/mol. The molecule has 19 heavy (non-hydrogen) atoms. The molecule has 0 aliphatic heterocycles. The van der Waals surface area contributed by atoms with E-state index >= 15 is 0 Å². The first-order valence-corrected chi connectivity index (χ1v) is 7.33. The monoisotopic (exact) mass is 275 g/mol. The van der Waals surface area contributed by atoms with E-state index < -0.39 is 6.10 Å². The van der Waals surface area contributed by atoms with Gasteiger partial charge in [0.15, 0.2) is 0 Å². The fourth-order valence-electron chi connectivity index (χ4n) is 2.49. The third-order valence-corrected chi connectivity index (χ3v) is 4.68. The van der Waals surface area contributed by atoms with Crippen molar-refractivity contribution in [3.05, 3.63) is 34.3 Å². The molecule has 1 aliphatic rings. The number of hydrogen-bond acceptors (Lipinski definition) is 4. The number of fused-ring (bicyclic) bond motifs is 1. The van der Waals surface area contributed by atoms with E-state index in [4.69, 9.17) is 4.74 Å². The lowest BCUT2D eigenvalue weighted by molar-refractivity contribution is 0.153. The lowest BCUT2D eigenvalue weighted by Crippen LogP contribution is -2.07. The summed E-state index contributed by atoms with van der Waals surface area (Å²) in [6.07, 6.45) is 2.49. The molecule has 0 saturated heterocycles. The number of hydrogen-bond donors (Lipinski definition) is 1. The number of aromatic nitrogens is 1. The zero-order valence-corrected chi connectivity index (χ0v) is 12.0. The van der Waals surface area contributed by atoms with Crippen LogP contribution in [0.25, 0.3) is 10.6 Å². The second-order valence-electron chi connectivity index (χ2n) is 4.94. The molecule has 1 unspecified atom stereocenters. The van der Waals surface area contributed by atoms with Crippen molar-refractivity contribution in [2.24, 2.45) is 0 Å². The minimum atomic E-state index is -0.398. The molecule has 0 fully saturated rings. The molecule has 0 spiro atoms. The van der Waals surface area contributed by atoms with Crippen LogP contribution in [0, 0.1) is 6.92 Å². The van der Waals surface area contributed by atoms with Gasteiger partial charge in [0.05, 0.1) is 24.5 Å². The molecule has 3 nitrogen and oxygen atoms in total. The number of aliphatic hydroxyl groups is 1. The van der Waals surface area contributed by atoms with Crippen LogP contribution >= 0.6 is 11.3 Å². The number of ether oxygens (including phenoxy) is 1. The molecule has 100 valence electrons. The van der Waals surface area contributed by atoms with Crippen LogP contribution in [-0.4, -0.2) is 17.2 Å². The molecule has 0 bridgehead atoms. The van der Waals surface area contributed by atoms with Crippen LogP contribution in [0.4, 0.5) is 0 Å². The maximum absolute atomic E-state index is 10.0. The van der Waals surface area contributed by atoms with E-state index in [1.54, 1.807) is 18.4 Å². The summed E-state index contributed by atoms with van der Waals surface area (Å²) < 4.78 is 5.44. The van der Waals surface area contributed by atoms with E-state index in [0.717, 1.165) is 41.3 Å². The first-order valence-electron chi connectivity index (χ1n) is 6.51. The van der Waals surface area contributed by atoms with Crippen molar-refractivity contribution < 1.29 is 9.84 Å². The van der Waals surface area contributed by atoms with E-state index in [1.807, 2.05) is 19.1 Å². The minimum absolute atomic E-state index is 0.398. The van der Waals surface area contributed by atoms with Crippen LogP contribution in [0.15, 0.2) is 18.2 Å². The highest BCUT2D eigenvalue weighted by Crippen LogP contribution is 2.40. The summed E-state index contributed by atoms with van der Waals surface area (Å²) in [5.41, 5.74) is 3.05. The Balaban J connectivity index is 2.08. The first-order chi connectivity index (χ1) is 9.19. The fraction of sp³-hybridized carbons (Fsp3) is 0.400. The summed E-state index contributed by atoms with van der Waals surface area (Å²) in [6.45, 7) is 2.04. The number of methoxy groups -OCH3 is 1. The molecule has 4 heteroatoms. The van der Waals surface area contributed by atoms with Gasteiger partial charge in [0.2, 0.25) is 0 Å². The van der Waals surface area contributed by atoms with Gasteiger partial charge in [0.25, 0.3) is 0 Å². The van der Waals surface area contributed by atoms with Crippen molar-refractivity contribution in [3.8, 4) is 16.3 Å². The summed E-state index contributed by atoms with van der Waals surface area (Å²) in [5, 5.41) is 11.0. The Bertz CT molecular complexity index is 606. The summed E-state index contributed by atoms with van der Waals surface area (Å²) >= 11 is 1.68. The molecular formula is C15H17NO2S. The van der Waals surface area contributed by atoms with Gasteiger partial charge in [-0.3, -0.25) is 0 Å². The Kier molecular flexibility index (Phi) is 3.29. The average Bonchev–Trinajstić information content (AvgIpc) is 2.83. The molecule has 3 rings (SSSR count). The number of thiazole rings is 1. The van der Waals surface area contributed by atoms with Crippen molar-refractivity contribution in [3.63, 3.8) is 0 Å². The lowest BCUT2D eigenvalue weighted by Gasteiger charge is -2.14. The Hall–Kier alpha value is -1.39. The molecule has 1 aromatic carbocycles. The molecule has 2 aromatic rings. The van der Waals surface area contributed by atoms with Gasteiger partial charge >= 0.3 is 0 Å². The second-order valence-corrected chi connectivity index (χ2v) is 6.02. The van der Waals surface area contributed by atoms with Crippen molar-refractivity contribution in [1.29, 1.82) is 0 Å². The quantitative estimate of drug-likeness (QED) is 0.912. The second kappa shape index (κ2) is 4.94. The van der Waals surface area contributed by atoms with E-state index in [1.165, 1.54) is 10.4 Å². The lowest BCUT2D eigenvalue weighted by atomic mass is 10.0. The molecule has 1 aliphatic carbocycles. The summed E-state index contributed by atoms with van der Waals surface area (Å²) in [4.78, 5) is 5.85. The number of rotatable bonds is 2. The number of aliphatic hydroxyl groups excluding tert-OH is 1. The van der Waals surface area contributed by atoms with Crippen molar-refractivity contribution >= 4 is 11.3 Å². The van der Waals surface area contributed by atoms with E-state index in [2.05, 4.69) is 11.1 Å². The Morgan fingerprint density at radius 3 is 3.00 bits per heavy atom. The van der Waals surface area contributed by atoms with Crippen LogP contribution in [0.3, 0.4) is 0 Å². The number of aryl methyl sites for hydroxylation is 2. The molecule has 1 heterocycles. The van der Waals surface area contributed by atoms with Crippen LogP contribution in [0.5, 0.6) is 5.75 Å². The Morgan fingerprint density at radius 1 is 1.42 bits per heavy atom. The van der Waals surface area contributed by atoms with E-state index in [0.29, 0.717) is 0 Å². The van der Waals surface area contributed by atoms with Crippen LogP contribution in [-0.2, 0) is 6.42 Å². The molecule has 0 radical (unpaired) electrons. The van der Waals surface area contributed by atoms with Crippen LogP contribution in [0.2, 0.25) is 0 Å². The number of nitrogens with zero attached hydrogens (tertiary/aromatic N) is 1. The molecular weight excluding hydrogens is 258 g/mol. The van der Waals surface area contributed by atoms with Gasteiger partial charge in [-0.25, -0.2) is 4.98 Å². The molecule has 1 atom stereocenters. The smallest absolute Gasteiger partial charge is 0.129 e. The van der Waals surface area contributed by atoms with Crippen molar-refractivity contribution in [2.45, 2.75) is 32.3 Å². The van der Waals surface area contributed by atoms with Crippen LogP contribution < -0.4 is 4.74 Å². The minimum Gasteiger partial charge on any atom is -0.496 e.